The summed E-state index contributed by atoms with van der Waals surface area (Å²) in [5.74, 6) is -2.34. The number of piperidine rings is 1. The lowest BCUT2D eigenvalue weighted by molar-refractivity contribution is -0.274. The van der Waals surface area contributed by atoms with E-state index in [1.807, 2.05) is 11.0 Å². The molecule has 3 heterocycles. The number of hydrogen-bond donors (Lipinski definition) is 1. The molecule has 0 bridgehead atoms. The van der Waals surface area contributed by atoms with Gasteiger partial charge < -0.3 is 19.3 Å². The highest BCUT2D eigenvalue weighted by atomic mass is 19.4. The molecule has 0 amide bonds. The van der Waals surface area contributed by atoms with Gasteiger partial charge in [0.25, 0.3) is 0 Å². The Morgan fingerprint density at radius 3 is 2.42 bits per heavy atom. The summed E-state index contributed by atoms with van der Waals surface area (Å²) in [5.41, 5.74) is -1.46. The number of benzene rings is 2. The van der Waals surface area contributed by atoms with E-state index in [1.165, 1.54) is 12.1 Å². The first-order valence-electron chi connectivity index (χ1n) is 14.0. The highest BCUT2D eigenvalue weighted by Gasteiger charge is 2.54. The largest absolute Gasteiger partial charge is 0.573 e. The molecule has 14 heteroatoms. The summed E-state index contributed by atoms with van der Waals surface area (Å²) in [6.45, 7) is 1.08. The van der Waals surface area contributed by atoms with Crippen molar-refractivity contribution in [3.8, 4) is 17.0 Å². The molecule has 7 nitrogen and oxygen atoms in total. The van der Waals surface area contributed by atoms with Crippen LogP contribution in [0.1, 0.15) is 46.1 Å². The summed E-state index contributed by atoms with van der Waals surface area (Å²) in [7, 11) is 0. The van der Waals surface area contributed by atoms with Crippen LogP contribution < -0.4 is 9.64 Å². The lowest BCUT2D eigenvalue weighted by Gasteiger charge is -2.22. The van der Waals surface area contributed by atoms with Gasteiger partial charge in [0.1, 0.15) is 28.7 Å². The number of carboxylic acid groups (broad SMARTS) is 1. The molecule has 0 spiro atoms. The number of nitrogens with zero attached hydrogens (tertiary/aromatic N) is 3. The minimum atomic E-state index is -5.05. The van der Waals surface area contributed by atoms with Gasteiger partial charge in [-0.2, -0.15) is 13.2 Å². The Hall–Kier alpha value is -4.62. The monoisotopic (exact) mass is 633 g/mol. The van der Waals surface area contributed by atoms with Gasteiger partial charge in [-0.25, -0.2) is 14.2 Å². The normalized spacial score (nSPS) is 21.5. The second-order valence-corrected chi connectivity index (χ2v) is 11.5. The Balaban J connectivity index is 1.13. The lowest BCUT2D eigenvalue weighted by Crippen LogP contribution is -2.23. The number of carbonyl (C=O) groups is 1. The average molecular weight is 634 g/mol. The summed E-state index contributed by atoms with van der Waals surface area (Å²) in [5, 5.41) is 12.9. The first-order valence-corrected chi connectivity index (χ1v) is 14.0. The molecule has 3 aliphatic rings. The second-order valence-electron chi connectivity index (χ2n) is 11.5. The molecule has 4 aromatic rings. The second kappa shape index (κ2) is 10.2. The van der Waals surface area contributed by atoms with Crippen LogP contribution in [0.4, 0.5) is 36.4 Å². The Bertz CT molecular complexity index is 1850. The van der Waals surface area contributed by atoms with Crippen LogP contribution in [0.25, 0.3) is 28.2 Å². The molecule has 2 saturated carbocycles. The van der Waals surface area contributed by atoms with E-state index in [1.54, 1.807) is 12.1 Å². The maximum atomic E-state index is 14.9. The van der Waals surface area contributed by atoms with Crippen molar-refractivity contribution in [1.82, 2.24) is 10.1 Å². The van der Waals surface area contributed by atoms with Crippen molar-refractivity contribution in [2.24, 2.45) is 17.8 Å². The summed E-state index contributed by atoms with van der Waals surface area (Å²) >= 11 is 0. The van der Waals surface area contributed by atoms with Crippen LogP contribution in [0.15, 0.2) is 53.1 Å². The standard InChI is InChI=1S/C31H22F7N3O4/c32-22-2-1-3-25(44-31(36,37)38)26(22)27-17(28(45-40-27)14-4-5-14)8-7-16-19-12-41(13-20(16)19)15-6-9-23-18(10-15)21(30(33,34)35)11-24(39-23)29(42)43/h1-3,6-11,14,16,19-20H,4-5,12-13H2,(H,42,43)/b8-7+. The molecule has 3 fully saturated rings. The van der Waals surface area contributed by atoms with Crippen LogP contribution >= 0.6 is 0 Å². The molecule has 1 saturated heterocycles. The van der Waals surface area contributed by atoms with E-state index in [0.29, 0.717) is 36.2 Å². The highest BCUT2D eigenvalue weighted by molar-refractivity contribution is 5.93. The van der Waals surface area contributed by atoms with Crippen molar-refractivity contribution in [1.29, 1.82) is 0 Å². The molecule has 1 N–H and O–H groups in total. The zero-order valence-electron chi connectivity index (χ0n) is 23.0. The quantitative estimate of drug-likeness (QED) is 0.207. The van der Waals surface area contributed by atoms with E-state index in [9.17, 15) is 40.6 Å². The number of carboxylic acids is 1. The van der Waals surface area contributed by atoms with E-state index in [2.05, 4.69) is 14.9 Å². The molecule has 7 rings (SSSR count). The van der Waals surface area contributed by atoms with Crippen LogP contribution in [0.3, 0.4) is 0 Å². The average Bonchev–Trinajstić information content (AvgIpc) is 3.82. The summed E-state index contributed by atoms with van der Waals surface area (Å²) in [6.07, 6.45) is -4.62. The van der Waals surface area contributed by atoms with E-state index in [4.69, 9.17) is 4.52 Å². The number of ether oxygens (including phenoxy) is 1. The highest BCUT2D eigenvalue weighted by Crippen LogP contribution is 2.54. The third kappa shape index (κ3) is 5.46. The minimum absolute atomic E-state index is 0.0226. The molecule has 0 radical (unpaired) electrons. The van der Waals surface area contributed by atoms with Gasteiger partial charge in [-0.3, -0.25) is 0 Å². The molecule has 2 atom stereocenters. The van der Waals surface area contributed by atoms with Crippen LogP contribution in [-0.4, -0.2) is 40.7 Å². The fourth-order valence-corrected chi connectivity index (χ4v) is 6.27. The number of alkyl halides is 6. The van der Waals surface area contributed by atoms with Gasteiger partial charge in [0.05, 0.1) is 16.6 Å². The topological polar surface area (TPSA) is 88.7 Å². The van der Waals surface area contributed by atoms with Crippen LogP contribution in [0.2, 0.25) is 0 Å². The number of pyridine rings is 1. The van der Waals surface area contributed by atoms with Gasteiger partial charge in [0.2, 0.25) is 0 Å². The third-order valence-electron chi connectivity index (χ3n) is 8.57. The molecule has 2 aliphatic carbocycles. The predicted molar refractivity (Wildman–Crippen MR) is 146 cm³/mol. The number of hydrogen-bond acceptors (Lipinski definition) is 6. The van der Waals surface area contributed by atoms with Crippen molar-refractivity contribution in [3.63, 3.8) is 0 Å². The number of allylic oxidation sites excluding steroid dienone is 1. The van der Waals surface area contributed by atoms with Crippen molar-refractivity contribution in [3.05, 3.63) is 76.9 Å². The predicted octanol–water partition coefficient (Wildman–Crippen LogP) is 7.92. The van der Waals surface area contributed by atoms with Gasteiger partial charge in [-0.05, 0) is 67.0 Å². The Morgan fingerprint density at radius 2 is 1.78 bits per heavy atom. The zero-order valence-corrected chi connectivity index (χ0v) is 23.0. The maximum Gasteiger partial charge on any atom is 0.573 e. The SMILES string of the molecule is O=C(O)c1cc(C(F)(F)F)c2cc(N3CC4C(/C=C/c5c(-c6c(F)cccc6OC(F)(F)F)noc5C5CC5)C4C3)ccc2n1. The molecule has 234 valence electrons. The smallest absolute Gasteiger partial charge is 0.477 e. The van der Waals surface area contributed by atoms with Gasteiger partial charge >= 0.3 is 18.5 Å². The van der Waals surface area contributed by atoms with Gasteiger partial charge in [-0.1, -0.05) is 23.4 Å². The van der Waals surface area contributed by atoms with E-state index < -0.39 is 46.9 Å². The van der Waals surface area contributed by atoms with E-state index >= 15 is 0 Å². The first-order chi connectivity index (χ1) is 21.3. The number of rotatable bonds is 7. The number of anilines is 1. The van der Waals surface area contributed by atoms with E-state index in [-0.39, 0.29) is 40.3 Å². The summed E-state index contributed by atoms with van der Waals surface area (Å²) in [4.78, 5) is 17.1. The fourth-order valence-electron chi connectivity index (χ4n) is 6.27. The van der Waals surface area contributed by atoms with Crippen molar-refractivity contribution in [2.75, 3.05) is 18.0 Å². The Morgan fingerprint density at radius 1 is 1.04 bits per heavy atom. The van der Waals surface area contributed by atoms with Gasteiger partial charge in [0.15, 0.2) is 0 Å². The zero-order chi connectivity index (χ0) is 31.8. The van der Waals surface area contributed by atoms with Crippen LogP contribution in [-0.2, 0) is 6.18 Å². The minimum Gasteiger partial charge on any atom is -0.477 e. The van der Waals surface area contributed by atoms with E-state index in [0.717, 1.165) is 31.0 Å². The number of aromatic nitrogens is 2. The first kappa shape index (κ1) is 29.1. The Kier molecular flexibility index (Phi) is 6.60. The maximum absolute atomic E-state index is 14.9. The summed E-state index contributed by atoms with van der Waals surface area (Å²) < 4.78 is 105. The van der Waals surface area contributed by atoms with Gasteiger partial charge in [0, 0.05) is 35.6 Å². The molecule has 2 aromatic heterocycles. The number of aromatic carboxylic acids is 1. The Labute approximate surface area is 249 Å². The molecule has 1 aliphatic heterocycles. The van der Waals surface area contributed by atoms with Crippen molar-refractivity contribution >= 4 is 28.6 Å². The van der Waals surface area contributed by atoms with Crippen LogP contribution in [0.5, 0.6) is 5.75 Å². The van der Waals surface area contributed by atoms with Gasteiger partial charge in [-0.15, -0.1) is 13.2 Å². The fraction of sp³-hybridized carbons (Fsp3) is 0.323. The molecule has 45 heavy (non-hydrogen) atoms. The number of fused-ring (bicyclic) bond motifs is 2. The molecular formula is C31H22F7N3O4. The molecule has 2 aromatic carbocycles. The van der Waals surface area contributed by atoms with Crippen LogP contribution in [0, 0.1) is 23.6 Å². The molecular weight excluding hydrogens is 611 g/mol. The van der Waals surface area contributed by atoms with Crippen molar-refractivity contribution < 1.29 is 49.9 Å². The van der Waals surface area contributed by atoms with Crippen molar-refractivity contribution in [2.45, 2.75) is 31.3 Å². The summed E-state index contributed by atoms with van der Waals surface area (Å²) in [6, 6.07) is 8.02. The molecule has 2 unspecified atom stereocenters. The third-order valence-corrected chi connectivity index (χ3v) is 8.57. The lowest BCUT2D eigenvalue weighted by atomic mass is 10.0. The number of halogens is 7.